The predicted molar refractivity (Wildman–Crippen MR) is 69.2 cm³/mol. The second-order valence-corrected chi connectivity index (χ2v) is 5.10. The highest BCUT2D eigenvalue weighted by atomic mass is 19.3. The van der Waals surface area contributed by atoms with Gasteiger partial charge in [-0.25, -0.2) is 8.78 Å². The van der Waals surface area contributed by atoms with Crippen LogP contribution in [0.2, 0.25) is 0 Å². The molecule has 7 heteroatoms. The molecule has 2 rings (SSSR count). The first kappa shape index (κ1) is 15.8. The largest absolute Gasteiger partial charge is 0.383 e. The molecule has 0 spiro atoms. The number of hydrogen-bond donors (Lipinski definition) is 1. The van der Waals surface area contributed by atoms with E-state index in [1.807, 2.05) is 40.5 Å². The fourth-order valence-electron chi connectivity index (χ4n) is 2.32. The molecule has 1 aliphatic rings. The minimum atomic E-state index is -4.63. The Hall–Kier alpha value is -1.63. The number of amides is 1. The average molecular weight is 304 g/mol. The summed E-state index contributed by atoms with van der Waals surface area (Å²) in [5.74, 6) is -6.53. The van der Waals surface area contributed by atoms with Gasteiger partial charge in [-0.05, 0) is 12.0 Å². The first-order valence-corrected chi connectivity index (χ1v) is 6.63. The summed E-state index contributed by atoms with van der Waals surface area (Å²) in [6, 6.07) is 9.05. The molecule has 0 saturated carbocycles. The molecule has 1 N–H and O–H groups in total. The lowest BCUT2D eigenvalue weighted by Crippen LogP contribution is -2.49. The van der Waals surface area contributed by atoms with Gasteiger partial charge < -0.3 is 5.32 Å². The zero-order chi connectivity index (χ0) is 15.5. The van der Waals surface area contributed by atoms with Crippen LogP contribution >= 0.6 is 0 Å². The lowest BCUT2D eigenvalue weighted by molar-refractivity contribution is -0.170. The van der Waals surface area contributed by atoms with Crippen molar-refractivity contribution in [3.05, 3.63) is 35.9 Å². The summed E-state index contributed by atoms with van der Waals surface area (Å²) in [4.78, 5) is 13.2. The number of alkyl halides is 4. The first-order valence-electron chi connectivity index (χ1n) is 6.63. The number of rotatable bonds is 5. The minimum absolute atomic E-state index is 0.375. The van der Waals surface area contributed by atoms with E-state index in [1.165, 1.54) is 0 Å². The second kappa shape index (κ2) is 6.43. The fourth-order valence-corrected chi connectivity index (χ4v) is 2.32. The molecule has 3 nitrogen and oxygen atoms in total. The van der Waals surface area contributed by atoms with Crippen LogP contribution in [0.1, 0.15) is 12.0 Å². The van der Waals surface area contributed by atoms with Gasteiger partial charge in [0.1, 0.15) is 0 Å². The fraction of sp³-hybridized carbons (Fsp3) is 0.500. The van der Waals surface area contributed by atoms with E-state index in [1.54, 1.807) is 0 Å². The molecule has 1 heterocycles. The number of benzene rings is 1. The van der Waals surface area contributed by atoms with Gasteiger partial charge in [0.05, 0.1) is 0 Å². The quantitative estimate of drug-likeness (QED) is 0.847. The number of likely N-dealkylation sites (tertiary alicyclic amines) is 1. The standard InChI is InChI=1S/C14H16F4N2O/c15-12(16)14(17,18)13(21)19-11-6-7-20(9-11)8-10-4-2-1-3-5-10/h1-5,11-12H,6-9H2,(H,19,21). The SMILES string of the molecule is O=C(NC1CCN(Cc2ccccc2)C1)C(F)(F)C(F)F. The maximum absolute atomic E-state index is 12.9. The van der Waals surface area contributed by atoms with Gasteiger partial charge in [-0.3, -0.25) is 9.69 Å². The monoisotopic (exact) mass is 304 g/mol. The van der Waals surface area contributed by atoms with Crippen LogP contribution in [0.25, 0.3) is 0 Å². The van der Waals surface area contributed by atoms with Gasteiger partial charge in [0, 0.05) is 25.7 Å². The van der Waals surface area contributed by atoms with Crippen LogP contribution < -0.4 is 5.32 Å². The molecule has 0 radical (unpaired) electrons. The summed E-state index contributed by atoms with van der Waals surface area (Å²) >= 11 is 0. The van der Waals surface area contributed by atoms with E-state index < -0.39 is 24.3 Å². The lowest BCUT2D eigenvalue weighted by Gasteiger charge is -2.19. The van der Waals surface area contributed by atoms with Crippen LogP contribution in [0.15, 0.2) is 30.3 Å². The van der Waals surface area contributed by atoms with Crippen molar-refractivity contribution in [3.63, 3.8) is 0 Å². The zero-order valence-electron chi connectivity index (χ0n) is 11.2. The van der Waals surface area contributed by atoms with Crippen molar-refractivity contribution >= 4 is 5.91 Å². The van der Waals surface area contributed by atoms with Crippen LogP contribution in [0, 0.1) is 0 Å². The summed E-state index contributed by atoms with van der Waals surface area (Å²) in [5.41, 5.74) is 1.07. The van der Waals surface area contributed by atoms with Crippen LogP contribution in [-0.4, -0.2) is 42.3 Å². The zero-order valence-corrected chi connectivity index (χ0v) is 11.2. The van der Waals surface area contributed by atoms with E-state index in [9.17, 15) is 22.4 Å². The second-order valence-electron chi connectivity index (χ2n) is 5.10. The van der Waals surface area contributed by atoms with Crippen molar-refractivity contribution in [1.29, 1.82) is 0 Å². The third-order valence-corrected chi connectivity index (χ3v) is 3.43. The van der Waals surface area contributed by atoms with Crippen LogP contribution in [-0.2, 0) is 11.3 Å². The van der Waals surface area contributed by atoms with E-state index in [2.05, 4.69) is 0 Å². The minimum Gasteiger partial charge on any atom is -0.347 e. The van der Waals surface area contributed by atoms with E-state index in [-0.39, 0.29) is 0 Å². The normalized spacial score (nSPS) is 20.0. The number of nitrogens with zero attached hydrogens (tertiary/aromatic N) is 1. The van der Waals surface area contributed by atoms with Crippen molar-refractivity contribution < 1.29 is 22.4 Å². The summed E-state index contributed by atoms with van der Waals surface area (Å²) in [6.07, 6.45) is -3.52. The number of halogens is 4. The van der Waals surface area contributed by atoms with Gasteiger partial charge in [-0.1, -0.05) is 30.3 Å². The maximum Gasteiger partial charge on any atom is 0.383 e. The first-order chi connectivity index (χ1) is 9.89. The predicted octanol–water partition coefficient (Wildman–Crippen LogP) is 2.28. The van der Waals surface area contributed by atoms with Crippen molar-refractivity contribution in [2.75, 3.05) is 13.1 Å². The van der Waals surface area contributed by atoms with E-state index in [0.717, 1.165) is 5.56 Å². The molecule has 1 atom stereocenters. The Kier molecular flexibility index (Phi) is 4.82. The Morgan fingerprint density at radius 1 is 1.33 bits per heavy atom. The Labute approximate surface area is 119 Å². The Morgan fingerprint density at radius 2 is 2.00 bits per heavy atom. The van der Waals surface area contributed by atoms with Crippen molar-refractivity contribution in [3.8, 4) is 0 Å². The average Bonchev–Trinajstić information content (AvgIpc) is 2.86. The number of hydrogen-bond acceptors (Lipinski definition) is 2. The van der Waals surface area contributed by atoms with Crippen molar-refractivity contribution in [1.82, 2.24) is 10.2 Å². The molecular weight excluding hydrogens is 288 g/mol. The van der Waals surface area contributed by atoms with Gasteiger partial charge in [-0.2, -0.15) is 8.78 Å². The van der Waals surface area contributed by atoms with Gasteiger partial charge >= 0.3 is 12.3 Å². The lowest BCUT2D eigenvalue weighted by atomic mass is 10.2. The molecule has 1 aliphatic heterocycles. The summed E-state index contributed by atoms with van der Waals surface area (Å²) < 4.78 is 49.9. The van der Waals surface area contributed by atoms with Crippen molar-refractivity contribution in [2.45, 2.75) is 31.4 Å². The summed E-state index contributed by atoms with van der Waals surface area (Å²) in [7, 11) is 0. The number of carbonyl (C=O) groups is 1. The molecule has 1 unspecified atom stereocenters. The third kappa shape index (κ3) is 3.93. The Bertz CT molecular complexity index is 481. The van der Waals surface area contributed by atoms with E-state index in [0.29, 0.717) is 26.1 Å². The van der Waals surface area contributed by atoms with Gasteiger partial charge in [0.15, 0.2) is 0 Å². The highest BCUT2D eigenvalue weighted by Crippen LogP contribution is 2.24. The molecule has 21 heavy (non-hydrogen) atoms. The highest BCUT2D eigenvalue weighted by Gasteiger charge is 2.49. The molecule has 1 aromatic carbocycles. The Morgan fingerprint density at radius 3 is 2.62 bits per heavy atom. The smallest absolute Gasteiger partial charge is 0.347 e. The molecule has 1 aromatic rings. The maximum atomic E-state index is 12.9. The van der Waals surface area contributed by atoms with E-state index in [4.69, 9.17) is 0 Å². The van der Waals surface area contributed by atoms with Gasteiger partial charge in [0.2, 0.25) is 0 Å². The summed E-state index contributed by atoms with van der Waals surface area (Å²) in [6.45, 7) is 1.64. The van der Waals surface area contributed by atoms with Crippen molar-refractivity contribution in [2.24, 2.45) is 0 Å². The van der Waals surface area contributed by atoms with Gasteiger partial charge in [0.25, 0.3) is 5.91 Å². The molecule has 0 aromatic heterocycles. The van der Waals surface area contributed by atoms with Crippen LogP contribution in [0.4, 0.5) is 17.6 Å². The molecule has 0 aliphatic carbocycles. The molecule has 116 valence electrons. The molecule has 1 saturated heterocycles. The van der Waals surface area contributed by atoms with E-state index >= 15 is 0 Å². The van der Waals surface area contributed by atoms with Crippen LogP contribution in [0.5, 0.6) is 0 Å². The molecule has 1 amide bonds. The summed E-state index contributed by atoms with van der Waals surface area (Å²) in [5, 5.41) is 2.01. The molecule has 1 fully saturated rings. The van der Waals surface area contributed by atoms with Crippen LogP contribution in [0.3, 0.4) is 0 Å². The molecule has 0 bridgehead atoms. The topological polar surface area (TPSA) is 32.3 Å². The molecular formula is C14H16F4N2O. The van der Waals surface area contributed by atoms with Gasteiger partial charge in [-0.15, -0.1) is 0 Å². The Balaban J connectivity index is 1.84. The number of carbonyl (C=O) groups excluding carboxylic acids is 1. The third-order valence-electron chi connectivity index (χ3n) is 3.43. The number of nitrogens with one attached hydrogen (secondary N) is 1. The highest BCUT2D eigenvalue weighted by molar-refractivity contribution is 5.84.